The third-order valence-corrected chi connectivity index (χ3v) is 3.87. The van der Waals surface area contributed by atoms with Gasteiger partial charge in [0.05, 0.1) is 6.17 Å². The molecule has 0 radical (unpaired) electrons. The van der Waals surface area contributed by atoms with Crippen LogP contribution >= 0.6 is 0 Å². The first-order chi connectivity index (χ1) is 7.59. The first-order valence-corrected chi connectivity index (χ1v) is 5.54. The fraction of sp³-hybridized carbons (Fsp3) is 0.500. The molecule has 0 amide bonds. The van der Waals surface area contributed by atoms with Gasteiger partial charge in [-0.1, -0.05) is 0 Å². The molecule has 2 atom stereocenters. The highest BCUT2D eigenvalue weighted by Crippen LogP contribution is 2.44. The highest BCUT2D eigenvalue weighted by molar-refractivity contribution is 6.46. The lowest BCUT2D eigenvalue weighted by Gasteiger charge is -2.27. The second-order valence-electron chi connectivity index (χ2n) is 4.76. The number of nitrogens with zero attached hydrogens (tertiary/aromatic N) is 2. The smallest absolute Gasteiger partial charge is 0.227 e. The van der Waals surface area contributed by atoms with Gasteiger partial charge in [-0.3, -0.25) is 14.5 Å². The Morgan fingerprint density at radius 3 is 2.62 bits per heavy atom. The van der Waals surface area contributed by atoms with Crippen LogP contribution in [0.5, 0.6) is 0 Å². The van der Waals surface area contributed by atoms with E-state index in [1.165, 1.54) is 12.2 Å². The van der Waals surface area contributed by atoms with Crippen molar-refractivity contribution in [3.8, 4) is 0 Å². The van der Waals surface area contributed by atoms with E-state index in [1.807, 2.05) is 7.05 Å². The van der Waals surface area contributed by atoms with Crippen LogP contribution in [0.4, 0.5) is 0 Å². The molecule has 4 heteroatoms. The molecule has 84 valence electrons. The molecule has 1 aliphatic carbocycles. The van der Waals surface area contributed by atoms with Crippen molar-refractivity contribution in [1.82, 2.24) is 9.80 Å². The van der Waals surface area contributed by atoms with Gasteiger partial charge < -0.3 is 4.90 Å². The summed E-state index contributed by atoms with van der Waals surface area (Å²) < 4.78 is 0. The highest BCUT2D eigenvalue weighted by Gasteiger charge is 2.46. The van der Waals surface area contributed by atoms with Crippen molar-refractivity contribution in [2.45, 2.75) is 12.6 Å². The molecule has 0 spiro atoms. The van der Waals surface area contributed by atoms with Crippen molar-refractivity contribution in [2.75, 3.05) is 20.6 Å². The highest BCUT2D eigenvalue weighted by atomic mass is 16.2. The summed E-state index contributed by atoms with van der Waals surface area (Å²) >= 11 is 0. The summed E-state index contributed by atoms with van der Waals surface area (Å²) in [5, 5.41) is 0. The topological polar surface area (TPSA) is 40.6 Å². The Balaban J connectivity index is 2.08. The minimum absolute atomic E-state index is 0.316. The third-order valence-electron chi connectivity index (χ3n) is 3.87. The third kappa shape index (κ3) is 1.08. The van der Waals surface area contributed by atoms with E-state index in [4.69, 9.17) is 0 Å². The molecule has 2 heterocycles. The van der Waals surface area contributed by atoms with Gasteiger partial charge in [0.1, 0.15) is 0 Å². The molecule has 2 saturated heterocycles. The number of fused-ring (bicyclic) bond motifs is 3. The maximum Gasteiger partial charge on any atom is 0.227 e. The lowest BCUT2D eigenvalue weighted by atomic mass is 9.92. The summed E-state index contributed by atoms with van der Waals surface area (Å²) in [5.41, 5.74) is 1.99. The molecule has 2 fully saturated rings. The largest absolute Gasteiger partial charge is 0.358 e. The van der Waals surface area contributed by atoms with E-state index in [0.29, 0.717) is 12.1 Å². The van der Waals surface area contributed by atoms with Gasteiger partial charge in [-0.05, 0) is 25.1 Å². The monoisotopic (exact) mass is 218 g/mol. The predicted molar refractivity (Wildman–Crippen MR) is 58.5 cm³/mol. The number of hydrogen-bond donors (Lipinski definition) is 0. The fourth-order valence-corrected chi connectivity index (χ4v) is 3.12. The van der Waals surface area contributed by atoms with Crippen molar-refractivity contribution in [2.24, 2.45) is 5.92 Å². The molecule has 0 aromatic carbocycles. The first-order valence-electron chi connectivity index (χ1n) is 5.54. The molecule has 0 unspecified atom stereocenters. The Kier molecular flexibility index (Phi) is 1.86. The van der Waals surface area contributed by atoms with Crippen LogP contribution in [0.1, 0.15) is 6.42 Å². The average molecular weight is 218 g/mol. The van der Waals surface area contributed by atoms with Crippen molar-refractivity contribution in [1.29, 1.82) is 0 Å². The van der Waals surface area contributed by atoms with E-state index in [1.54, 1.807) is 0 Å². The molecule has 3 rings (SSSR count). The van der Waals surface area contributed by atoms with E-state index >= 15 is 0 Å². The van der Waals surface area contributed by atoms with Crippen LogP contribution in [-0.2, 0) is 9.59 Å². The van der Waals surface area contributed by atoms with Crippen LogP contribution in [0.25, 0.3) is 0 Å². The van der Waals surface area contributed by atoms with E-state index in [2.05, 4.69) is 16.8 Å². The van der Waals surface area contributed by atoms with Crippen LogP contribution in [0.2, 0.25) is 0 Å². The summed E-state index contributed by atoms with van der Waals surface area (Å²) in [4.78, 5) is 27.2. The molecule has 0 bridgehead atoms. The van der Waals surface area contributed by atoms with Gasteiger partial charge in [0.2, 0.25) is 11.6 Å². The Hall–Kier alpha value is -1.42. The van der Waals surface area contributed by atoms with Gasteiger partial charge >= 0.3 is 0 Å². The number of ketones is 2. The maximum absolute atomic E-state index is 11.4. The lowest BCUT2D eigenvalue weighted by molar-refractivity contribution is -0.131. The molecule has 0 saturated carbocycles. The van der Waals surface area contributed by atoms with E-state index in [9.17, 15) is 9.59 Å². The number of hydrogen-bond acceptors (Lipinski definition) is 4. The standard InChI is InChI=1S/C12H14N2O2/c1-13-4-3-7-8-5-10(15)11(16)6-9(8)14(2)12(7)13/h5-7,12H,3-4H2,1-2H3/t7-,12+/m1/s1. The average Bonchev–Trinajstić information content (AvgIpc) is 2.73. The zero-order valence-corrected chi connectivity index (χ0v) is 9.43. The minimum Gasteiger partial charge on any atom is -0.358 e. The molecular formula is C12H14N2O2. The normalized spacial score (nSPS) is 33.8. The predicted octanol–water partition coefficient (Wildman–Crippen LogP) is 0.172. The second-order valence-corrected chi connectivity index (χ2v) is 4.76. The molecular weight excluding hydrogens is 204 g/mol. The molecule has 2 aliphatic heterocycles. The number of carbonyl (C=O) groups excluding carboxylic acids is 2. The first kappa shape index (κ1) is 9.78. The summed E-state index contributed by atoms with van der Waals surface area (Å²) in [6, 6.07) is 0. The Morgan fingerprint density at radius 1 is 1.19 bits per heavy atom. The Labute approximate surface area is 94.2 Å². The van der Waals surface area contributed by atoms with Crippen LogP contribution < -0.4 is 0 Å². The van der Waals surface area contributed by atoms with Gasteiger partial charge in [-0.25, -0.2) is 0 Å². The quantitative estimate of drug-likeness (QED) is 0.429. The van der Waals surface area contributed by atoms with Crippen LogP contribution in [0.15, 0.2) is 23.4 Å². The summed E-state index contributed by atoms with van der Waals surface area (Å²) in [5.74, 6) is -0.381. The summed E-state index contributed by atoms with van der Waals surface area (Å²) in [6.07, 6.45) is 4.41. The number of likely N-dealkylation sites (tertiary alicyclic amines) is 2. The van der Waals surface area contributed by atoms with Crippen LogP contribution in [-0.4, -0.2) is 48.2 Å². The molecule has 0 aromatic heterocycles. The van der Waals surface area contributed by atoms with Gasteiger partial charge in [-0.2, -0.15) is 0 Å². The summed E-state index contributed by atoms with van der Waals surface area (Å²) in [7, 11) is 4.08. The molecule has 16 heavy (non-hydrogen) atoms. The Bertz CT molecular complexity index is 450. The number of rotatable bonds is 0. The van der Waals surface area contributed by atoms with E-state index in [0.717, 1.165) is 24.2 Å². The molecule has 4 nitrogen and oxygen atoms in total. The zero-order valence-electron chi connectivity index (χ0n) is 9.43. The Morgan fingerprint density at radius 2 is 1.88 bits per heavy atom. The SMILES string of the molecule is CN1CC[C@@H]2C3=CC(=O)C(=O)C=C3N(C)[C@@H]21. The van der Waals surface area contributed by atoms with Crippen molar-refractivity contribution < 1.29 is 9.59 Å². The van der Waals surface area contributed by atoms with Gasteiger partial charge in [0.25, 0.3) is 0 Å². The number of allylic oxidation sites excluding steroid dienone is 3. The zero-order chi connectivity index (χ0) is 11.4. The molecule has 3 aliphatic rings. The van der Waals surface area contributed by atoms with Crippen LogP contribution in [0.3, 0.4) is 0 Å². The van der Waals surface area contributed by atoms with E-state index < -0.39 is 5.78 Å². The maximum atomic E-state index is 11.4. The lowest BCUT2D eigenvalue weighted by Crippen LogP contribution is -2.37. The van der Waals surface area contributed by atoms with Gasteiger partial charge in [0.15, 0.2) is 0 Å². The fourth-order valence-electron chi connectivity index (χ4n) is 3.12. The van der Waals surface area contributed by atoms with Crippen molar-refractivity contribution in [3.63, 3.8) is 0 Å². The van der Waals surface area contributed by atoms with Gasteiger partial charge in [-0.15, -0.1) is 0 Å². The second kappa shape index (κ2) is 3.04. The minimum atomic E-state index is -0.395. The molecule has 0 aromatic rings. The number of carbonyl (C=O) groups is 2. The van der Waals surface area contributed by atoms with Gasteiger partial charge in [0, 0.05) is 31.3 Å². The van der Waals surface area contributed by atoms with Crippen LogP contribution in [0, 0.1) is 5.92 Å². The number of likely N-dealkylation sites (N-methyl/N-ethyl adjacent to an activating group) is 1. The molecule has 0 N–H and O–H groups in total. The van der Waals surface area contributed by atoms with Crippen molar-refractivity contribution >= 4 is 11.6 Å². The van der Waals surface area contributed by atoms with E-state index in [-0.39, 0.29) is 5.78 Å². The van der Waals surface area contributed by atoms with Crippen molar-refractivity contribution in [3.05, 3.63) is 23.4 Å². The summed E-state index contributed by atoms with van der Waals surface area (Å²) in [6.45, 7) is 1.05.